The number of allylic oxidation sites excluding steroid dienone is 1. The molecule has 0 amide bonds. The summed E-state index contributed by atoms with van der Waals surface area (Å²) in [7, 11) is 1.65. The molecule has 1 aliphatic carbocycles. The molecule has 33 heavy (non-hydrogen) atoms. The first-order chi connectivity index (χ1) is 16.0. The van der Waals surface area contributed by atoms with Crippen LogP contribution in [0.25, 0.3) is 16.7 Å². The lowest BCUT2D eigenvalue weighted by molar-refractivity contribution is -0.134. The van der Waals surface area contributed by atoms with Gasteiger partial charge >= 0.3 is 11.9 Å². The van der Waals surface area contributed by atoms with Crippen LogP contribution in [0.3, 0.4) is 0 Å². The zero-order chi connectivity index (χ0) is 23.6. The van der Waals surface area contributed by atoms with Gasteiger partial charge in [0.1, 0.15) is 0 Å². The van der Waals surface area contributed by atoms with E-state index >= 15 is 0 Å². The number of aliphatic carboxylic acids is 2. The zero-order valence-corrected chi connectivity index (χ0v) is 18.6. The number of ether oxygens (including phenoxy) is 2. The summed E-state index contributed by atoms with van der Waals surface area (Å²) < 4.78 is 10.6. The number of nitrogens with zero attached hydrogens (tertiary/aromatic N) is 2. The number of carboxylic acids is 2. The summed E-state index contributed by atoms with van der Waals surface area (Å²) in [4.78, 5) is 26.0. The highest BCUT2D eigenvalue weighted by Crippen LogP contribution is 2.36. The fourth-order valence-corrected chi connectivity index (χ4v) is 3.86. The Balaban J connectivity index is 0.000000331. The summed E-state index contributed by atoms with van der Waals surface area (Å²) >= 11 is 0. The Hall–Kier alpha value is -3.49. The van der Waals surface area contributed by atoms with Crippen LogP contribution in [0.4, 0.5) is 0 Å². The van der Waals surface area contributed by atoms with Gasteiger partial charge in [-0.15, -0.1) is 0 Å². The normalized spacial score (nSPS) is 15.4. The number of aromatic nitrogens is 1. The molecule has 2 aromatic rings. The highest BCUT2D eigenvalue weighted by molar-refractivity contribution is 5.89. The average molecular weight is 453 g/mol. The van der Waals surface area contributed by atoms with E-state index in [1.54, 1.807) is 7.11 Å². The van der Waals surface area contributed by atoms with Gasteiger partial charge < -0.3 is 19.7 Å². The van der Waals surface area contributed by atoms with Crippen molar-refractivity contribution in [2.45, 2.75) is 12.8 Å². The van der Waals surface area contributed by atoms with Gasteiger partial charge in [-0.2, -0.15) is 0 Å². The first kappa shape index (κ1) is 24.2. The lowest BCUT2D eigenvalue weighted by Gasteiger charge is -2.26. The molecule has 2 heterocycles. The molecule has 0 bridgehead atoms. The monoisotopic (exact) mass is 452 g/mol. The number of hydrogen-bond acceptors (Lipinski definition) is 6. The summed E-state index contributed by atoms with van der Waals surface area (Å²) in [5.41, 5.74) is 6.74. The topological polar surface area (TPSA) is 109 Å². The lowest BCUT2D eigenvalue weighted by Crippen LogP contribution is -2.36. The molecule has 1 saturated heterocycles. The van der Waals surface area contributed by atoms with Crippen LogP contribution in [-0.4, -0.2) is 72.0 Å². The van der Waals surface area contributed by atoms with Crippen molar-refractivity contribution in [2.75, 3.05) is 40.0 Å². The van der Waals surface area contributed by atoms with E-state index in [1.807, 2.05) is 12.3 Å². The molecule has 1 aromatic carbocycles. The smallest absolute Gasteiger partial charge is 0.328 e. The number of rotatable bonds is 7. The molecular weight excluding hydrogens is 424 g/mol. The van der Waals surface area contributed by atoms with Crippen LogP contribution in [0, 0.1) is 0 Å². The van der Waals surface area contributed by atoms with Gasteiger partial charge in [0, 0.05) is 49.6 Å². The summed E-state index contributed by atoms with van der Waals surface area (Å²) in [6, 6.07) is 10.6. The number of carboxylic acid groups (broad SMARTS) is 2. The van der Waals surface area contributed by atoms with Crippen molar-refractivity contribution in [2.24, 2.45) is 0 Å². The molecule has 174 valence electrons. The minimum atomic E-state index is -1.26. The third-order valence-electron chi connectivity index (χ3n) is 5.50. The van der Waals surface area contributed by atoms with Gasteiger partial charge in [-0.05, 0) is 41.2 Å². The standard InChI is InChI=1S/C21H24N2O2.C4H4O4/c1-24-21-8-6-17(15-22-21)19-4-2-3-18-16(5-7-20(18)19)9-10-23-11-13-25-14-12-23;5-3(6)1-2-4(7)8/h2-6,8,15H,7,9-14H2,1H3;1-2H,(H,5,6)(H,7,8). The number of morpholine rings is 1. The van der Waals surface area contributed by atoms with Crippen LogP contribution in [0.1, 0.15) is 17.5 Å². The molecule has 1 fully saturated rings. The summed E-state index contributed by atoms with van der Waals surface area (Å²) in [5, 5.41) is 15.6. The highest BCUT2D eigenvalue weighted by atomic mass is 16.5. The largest absolute Gasteiger partial charge is 0.481 e. The van der Waals surface area contributed by atoms with Crippen LogP contribution in [0.5, 0.6) is 5.88 Å². The number of methoxy groups -OCH3 is 1. The molecule has 8 heteroatoms. The number of carbonyl (C=O) groups is 2. The summed E-state index contributed by atoms with van der Waals surface area (Å²) in [6.45, 7) is 4.95. The molecule has 0 radical (unpaired) electrons. The van der Waals surface area contributed by atoms with E-state index in [9.17, 15) is 9.59 Å². The van der Waals surface area contributed by atoms with Crippen molar-refractivity contribution in [1.82, 2.24) is 9.88 Å². The molecule has 2 aliphatic rings. The fraction of sp³-hybridized carbons (Fsp3) is 0.320. The molecule has 1 aromatic heterocycles. The first-order valence-corrected chi connectivity index (χ1v) is 10.7. The SMILES string of the molecule is COc1ccc(-c2cccc3c2CC=C3CCN2CCOCC2)cn1.O=C(O)C=CC(=O)O. The maximum absolute atomic E-state index is 9.55. The second kappa shape index (κ2) is 11.9. The quantitative estimate of drug-likeness (QED) is 0.617. The molecule has 0 saturated carbocycles. The second-order valence-electron chi connectivity index (χ2n) is 7.57. The van der Waals surface area contributed by atoms with Gasteiger partial charge in [0.05, 0.1) is 20.3 Å². The van der Waals surface area contributed by atoms with E-state index < -0.39 is 11.9 Å². The lowest BCUT2D eigenvalue weighted by atomic mass is 9.95. The Morgan fingerprint density at radius 3 is 2.39 bits per heavy atom. The Bertz CT molecular complexity index is 1010. The van der Waals surface area contributed by atoms with Crippen LogP contribution < -0.4 is 4.74 Å². The van der Waals surface area contributed by atoms with Crippen molar-refractivity contribution in [3.63, 3.8) is 0 Å². The third-order valence-corrected chi connectivity index (χ3v) is 5.50. The minimum Gasteiger partial charge on any atom is -0.481 e. The second-order valence-corrected chi connectivity index (χ2v) is 7.57. The van der Waals surface area contributed by atoms with Crippen molar-refractivity contribution in [3.8, 4) is 17.0 Å². The maximum atomic E-state index is 9.55. The van der Waals surface area contributed by atoms with E-state index in [0.29, 0.717) is 18.0 Å². The van der Waals surface area contributed by atoms with Gasteiger partial charge in [-0.3, -0.25) is 4.90 Å². The van der Waals surface area contributed by atoms with E-state index in [4.69, 9.17) is 19.7 Å². The Kier molecular flexibility index (Phi) is 8.74. The average Bonchev–Trinajstić information content (AvgIpc) is 3.26. The van der Waals surface area contributed by atoms with Crippen molar-refractivity contribution in [3.05, 3.63) is 65.9 Å². The number of pyridine rings is 1. The number of fused-ring (bicyclic) bond motifs is 1. The van der Waals surface area contributed by atoms with Gasteiger partial charge in [-0.1, -0.05) is 24.3 Å². The maximum Gasteiger partial charge on any atom is 0.328 e. The molecule has 0 spiro atoms. The first-order valence-electron chi connectivity index (χ1n) is 10.7. The highest BCUT2D eigenvalue weighted by Gasteiger charge is 2.19. The molecule has 4 rings (SSSR count). The van der Waals surface area contributed by atoms with Gasteiger partial charge in [-0.25, -0.2) is 14.6 Å². The predicted octanol–water partition coefficient (Wildman–Crippen LogP) is 3.13. The van der Waals surface area contributed by atoms with E-state index in [-0.39, 0.29) is 0 Å². The number of benzene rings is 1. The van der Waals surface area contributed by atoms with Gasteiger partial charge in [0.25, 0.3) is 0 Å². The molecule has 0 unspecified atom stereocenters. The van der Waals surface area contributed by atoms with Gasteiger partial charge in [0.15, 0.2) is 0 Å². The Morgan fingerprint density at radius 1 is 1.09 bits per heavy atom. The van der Waals surface area contributed by atoms with Crippen LogP contribution in [-0.2, 0) is 20.7 Å². The minimum absolute atomic E-state index is 0.558. The molecule has 8 nitrogen and oxygen atoms in total. The number of hydrogen-bond donors (Lipinski definition) is 2. The molecule has 2 N–H and O–H groups in total. The molecule has 0 atom stereocenters. The van der Waals surface area contributed by atoms with Crippen molar-refractivity contribution < 1.29 is 29.3 Å². The van der Waals surface area contributed by atoms with Crippen molar-refractivity contribution >= 4 is 17.5 Å². The fourth-order valence-electron chi connectivity index (χ4n) is 3.86. The van der Waals surface area contributed by atoms with E-state index in [2.05, 4.69) is 40.2 Å². The Labute approximate surface area is 192 Å². The third kappa shape index (κ3) is 7.00. The van der Waals surface area contributed by atoms with Crippen LogP contribution >= 0.6 is 0 Å². The van der Waals surface area contributed by atoms with Crippen molar-refractivity contribution in [1.29, 1.82) is 0 Å². The van der Waals surface area contributed by atoms with Gasteiger partial charge in [0.2, 0.25) is 5.88 Å². The summed E-state index contributed by atoms with van der Waals surface area (Å²) in [6.07, 6.45) is 7.53. The summed E-state index contributed by atoms with van der Waals surface area (Å²) in [5.74, 6) is -1.86. The molecular formula is C25H28N2O6. The molecule has 1 aliphatic heterocycles. The Morgan fingerprint density at radius 2 is 1.79 bits per heavy atom. The zero-order valence-electron chi connectivity index (χ0n) is 18.6. The van der Waals surface area contributed by atoms with E-state index in [0.717, 1.165) is 51.3 Å². The van der Waals surface area contributed by atoms with Crippen LogP contribution in [0.2, 0.25) is 0 Å². The predicted molar refractivity (Wildman–Crippen MR) is 124 cm³/mol. The van der Waals surface area contributed by atoms with Crippen LogP contribution in [0.15, 0.2) is 54.8 Å². The van der Waals surface area contributed by atoms with E-state index in [1.165, 1.54) is 22.3 Å².